The molecule has 1 saturated carbocycles. The summed E-state index contributed by atoms with van der Waals surface area (Å²) in [4.78, 5) is 54.9. The van der Waals surface area contributed by atoms with E-state index >= 15 is 0 Å². The minimum absolute atomic E-state index is 0.0110. The van der Waals surface area contributed by atoms with E-state index in [2.05, 4.69) is 0 Å². The molecule has 0 aliphatic heterocycles. The summed E-state index contributed by atoms with van der Waals surface area (Å²) >= 11 is 0. The predicted molar refractivity (Wildman–Crippen MR) is 148 cm³/mol. The fourth-order valence-electron chi connectivity index (χ4n) is 6.59. The lowest BCUT2D eigenvalue weighted by Crippen LogP contribution is -2.65. The number of nitrogens with two attached hydrogens (primary N) is 1. The summed E-state index contributed by atoms with van der Waals surface area (Å²) in [5, 5.41) is 44.9. The van der Waals surface area contributed by atoms with Crippen LogP contribution in [0, 0.1) is 11.8 Å². The van der Waals surface area contributed by atoms with E-state index in [1.807, 2.05) is 0 Å². The molecule has 0 aromatic heterocycles. The number of carbonyl (C=O) groups is 4. The van der Waals surface area contributed by atoms with E-state index in [0.29, 0.717) is 22.3 Å². The summed E-state index contributed by atoms with van der Waals surface area (Å²) in [6.07, 6.45) is 0.129. The van der Waals surface area contributed by atoms with Crippen LogP contribution in [0.1, 0.15) is 27.9 Å². The number of benzene rings is 2. The molecule has 11 heteroatoms. The van der Waals surface area contributed by atoms with E-state index in [-0.39, 0.29) is 35.6 Å². The van der Waals surface area contributed by atoms with Crippen molar-refractivity contribution in [2.75, 3.05) is 28.2 Å². The number of rotatable bonds is 4. The number of hydrogen-bond acceptors (Lipinski definition) is 9. The molecular weight excluding hydrogens is 530 g/mol. The molecule has 0 spiro atoms. The zero-order chi connectivity index (χ0) is 30.1. The van der Waals surface area contributed by atoms with Gasteiger partial charge in [-0.05, 0) is 67.7 Å². The highest BCUT2D eigenvalue weighted by Gasteiger charge is 2.64. The highest BCUT2D eigenvalue weighted by Crippen LogP contribution is 2.53. The van der Waals surface area contributed by atoms with Crippen molar-refractivity contribution in [2.24, 2.45) is 17.6 Å². The SMILES string of the molecule is CN(C)C(=O)c1cccc(-c2ccc(O)c3c2C[C@H]2C[C@H]4[C@H](N(C)C)C(=O)C(C(N)=O)=C(O)[C@@]4(O)C(=O)C2=C3O)c1. The molecule has 11 nitrogen and oxygen atoms in total. The van der Waals surface area contributed by atoms with Gasteiger partial charge in [-0.3, -0.25) is 24.1 Å². The number of carbonyl (C=O) groups excluding carboxylic acids is 4. The molecule has 0 heterocycles. The molecule has 0 radical (unpaired) electrons. The summed E-state index contributed by atoms with van der Waals surface area (Å²) in [6, 6.07) is 8.75. The standard InChI is InChI=1S/C30H31N3O8/c1-32(2)23-18-12-15-11-17-16(13-6-5-7-14(10-13)29(40)33(3)4)8-9-19(34)21(17)24(35)20(15)26(37)30(18,41)27(38)22(25(23)36)28(31)39/h5-10,15,18,23,34-35,38,41H,11-12H2,1-4H3,(H2,31,39)/t15-,18-,23-,30-/m0/s1. The van der Waals surface area contributed by atoms with Gasteiger partial charge in [0.15, 0.2) is 11.4 Å². The summed E-state index contributed by atoms with van der Waals surface area (Å²) < 4.78 is 0. The van der Waals surface area contributed by atoms with E-state index in [1.54, 1.807) is 58.5 Å². The Morgan fingerprint density at radius 1 is 1.02 bits per heavy atom. The largest absolute Gasteiger partial charge is 0.508 e. The topological polar surface area (TPSA) is 182 Å². The fourth-order valence-corrected chi connectivity index (χ4v) is 6.59. The predicted octanol–water partition coefficient (Wildman–Crippen LogP) is 1.33. The van der Waals surface area contributed by atoms with Crippen molar-refractivity contribution in [3.63, 3.8) is 0 Å². The zero-order valence-electron chi connectivity index (χ0n) is 23.0. The normalized spacial score (nSPS) is 25.6. The second-order valence-electron chi connectivity index (χ2n) is 11.2. The van der Waals surface area contributed by atoms with Crippen molar-refractivity contribution in [2.45, 2.75) is 24.5 Å². The molecule has 2 aromatic rings. The molecule has 4 atom stereocenters. The maximum atomic E-state index is 14.0. The number of aromatic hydroxyl groups is 1. The monoisotopic (exact) mass is 561 g/mol. The average molecular weight is 562 g/mol. The summed E-state index contributed by atoms with van der Waals surface area (Å²) in [5.74, 6) is -7.25. The highest BCUT2D eigenvalue weighted by molar-refractivity contribution is 6.24. The molecule has 3 aliphatic rings. The third-order valence-electron chi connectivity index (χ3n) is 8.43. The van der Waals surface area contributed by atoms with Crippen molar-refractivity contribution in [3.8, 4) is 16.9 Å². The highest BCUT2D eigenvalue weighted by atomic mass is 16.3. The molecule has 5 rings (SSSR count). The number of Topliss-reactive ketones (excluding diaryl/α,β-unsaturated/α-hetero) is 2. The van der Waals surface area contributed by atoms with E-state index < -0.39 is 58.0 Å². The van der Waals surface area contributed by atoms with Gasteiger partial charge in [0.2, 0.25) is 5.78 Å². The van der Waals surface area contributed by atoms with Crippen LogP contribution in [0.5, 0.6) is 5.75 Å². The Hall–Kier alpha value is -4.48. The molecule has 6 N–H and O–H groups in total. The minimum atomic E-state index is -2.70. The molecule has 0 saturated heterocycles. The van der Waals surface area contributed by atoms with Crippen LogP contribution < -0.4 is 5.73 Å². The third-order valence-corrected chi connectivity index (χ3v) is 8.43. The third kappa shape index (κ3) is 3.95. The first-order chi connectivity index (χ1) is 19.2. The fraction of sp³-hybridized carbons (Fsp3) is 0.333. The molecule has 3 aliphatic carbocycles. The number of nitrogens with zero attached hydrogens (tertiary/aromatic N) is 2. The molecule has 41 heavy (non-hydrogen) atoms. The van der Waals surface area contributed by atoms with Gasteiger partial charge in [0.25, 0.3) is 11.8 Å². The minimum Gasteiger partial charge on any atom is -0.508 e. The van der Waals surface area contributed by atoms with Crippen molar-refractivity contribution >= 4 is 29.1 Å². The summed E-state index contributed by atoms with van der Waals surface area (Å²) in [5.41, 5.74) is 3.79. The van der Waals surface area contributed by atoms with Gasteiger partial charge in [-0.1, -0.05) is 18.2 Å². The number of phenolic OH excluding ortho intramolecular Hbond substituents is 1. The van der Waals surface area contributed by atoms with Crippen LogP contribution in [0.15, 0.2) is 53.3 Å². The quantitative estimate of drug-likeness (QED) is 0.344. The Balaban J connectivity index is 1.71. The first kappa shape index (κ1) is 28.1. The summed E-state index contributed by atoms with van der Waals surface area (Å²) in [6.45, 7) is 0. The zero-order valence-corrected chi connectivity index (χ0v) is 23.0. The van der Waals surface area contributed by atoms with Crippen molar-refractivity contribution in [1.29, 1.82) is 0 Å². The second kappa shape index (κ2) is 9.57. The van der Waals surface area contributed by atoms with E-state index in [1.165, 1.54) is 15.9 Å². The number of amides is 2. The van der Waals surface area contributed by atoms with Gasteiger partial charge in [-0.15, -0.1) is 0 Å². The number of aliphatic hydroxyl groups is 3. The Morgan fingerprint density at radius 2 is 1.71 bits per heavy atom. The molecule has 0 bridgehead atoms. The number of primary amides is 1. The first-order valence-corrected chi connectivity index (χ1v) is 13.0. The Kier molecular flexibility index (Phi) is 6.55. The van der Waals surface area contributed by atoms with E-state index in [4.69, 9.17) is 5.73 Å². The van der Waals surface area contributed by atoms with Gasteiger partial charge in [-0.2, -0.15) is 0 Å². The Bertz CT molecular complexity index is 1600. The number of aliphatic hydroxyl groups excluding tert-OH is 2. The molecule has 0 unspecified atom stereocenters. The molecular formula is C30H31N3O8. The lowest BCUT2D eigenvalue weighted by atomic mass is 9.57. The number of hydrogen-bond donors (Lipinski definition) is 5. The van der Waals surface area contributed by atoms with Crippen LogP contribution in [-0.2, 0) is 20.8 Å². The van der Waals surface area contributed by atoms with Crippen LogP contribution in [0.4, 0.5) is 0 Å². The van der Waals surface area contributed by atoms with Crippen LogP contribution in [0.3, 0.4) is 0 Å². The lowest BCUT2D eigenvalue weighted by Gasteiger charge is -2.50. The van der Waals surface area contributed by atoms with Crippen molar-refractivity contribution in [1.82, 2.24) is 9.80 Å². The number of likely N-dealkylation sites (N-methyl/N-ethyl adjacent to an activating group) is 1. The average Bonchev–Trinajstić information content (AvgIpc) is 2.90. The first-order valence-electron chi connectivity index (χ1n) is 13.0. The summed E-state index contributed by atoms with van der Waals surface area (Å²) in [7, 11) is 6.37. The Labute approximate surface area is 235 Å². The van der Waals surface area contributed by atoms with Crippen LogP contribution in [0.25, 0.3) is 16.9 Å². The molecule has 1 fully saturated rings. The smallest absolute Gasteiger partial charge is 0.255 e. The molecule has 214 valence electrons. The van der Waals surface area contributed by atoms with Crippen LogP contribution in [-0.4, -0.2) is 93.4 Å². The van der Waals surface area contributed by atoms with Gasteiger partial charge in [0, 0.05) is 31.1 Å². The Morgan fingerprint density at radius 3 is 2.32 bits per heavy atom. The van der Waals surface area contributed by atoms with E-state index in [9.17, 15) is 39.6 Å². The number of fused-ring (bicyclic) bond motifs is 3. The van der Waals surface area contributed by atoms with Crippen LogP contribution in [0.2, 0.25) is 0 Å². The number of phenols is 1. The van der Waals surface area contributed by atoms with Gasteiger partial charge in [0.1, 0.15) is 22.8 Å². The van der Waals surface area contributed by atoms with Crippen LogP contribution >= 0.6 is 0 Å². The van der Waals surface area contributed by atoms with E-state index in [0.717, 1.165) is 0 Å². The molecule has 2 aromatic carbocycles. The van der Waals surface area contributed by atoms with Gasteiger partial charge in [-0.25, -0.2) is 0 Å². The maximum absolute atomic E-state index is 14.0. The lowest BCUT2D eigenvalue weighted by molar-refractivity contribution is -0.153. The number of ketones is 2. The van der Waals surface area contributed by atoms with Gasteiger partial charge in [0.05, 0.1) is 11.6 Å². The van der Waals surface area contributed by atoms with Gasteiger partial charge >= 0.3 is 0 Å². The van der Waals surface area contributed by atoms with Gasteiger partial charge < -0.3 is 31.1 Å². The van der Waals surface area contributed by atoms with Crippen molar-refractivity contribution < 1.29 is 39.6 Å². The maximum Gasteiger partial charge on any atom is 0.255 e. The molecule has 2 amide bonds. The van der Waals surface area contributed by atoms with Crippen molar-refractivity contribution in [3.05, 3.63) is 70.0 Å². The second-order valence-corrected chi connectivity index (χ2v) is 11.2.